The van der Waals surface area contributed by atoms with Crippen molar-refractivity contribution in [2.45, 2.75) is 84.3 Å². The zero-order chi connectivity index (χ0) is 33.0. The summed E-state index contributed by atoms with van der Waals surface area (Å²) in [6.07, 6.45) is -5.07. The van der Waals surface area contributed by atoms with Crippen molar-refractivity contribution in [1.29, 1.82) is 0 Å². The zero-order valence-electron chi connectivity index (χ0n) is 25.3. The van der Waals surface area contributed by atoms with E-state index in [4.69, 9.17) is 15.2 Å². The van der Waals surface area contributed by atoms with Crippen LogP contribution in [0.4, 0.5) is 24.8 Å². The number of nitrogens with one attached hydrogen (secondary N) is 3. The predicted octanol–water partition coefficient (Wildman–Crippen LogP) is 4.70. The molecule has 0 unspecified atom stereocenters. The molecule has 44 heavy (non-hydrogen) atoms. The van der Waals surface area contributed by atoms with E-state index in [1.54, 1.807) is 41.5 Å². The number of nitrogen functional groups attached to an aromatic ring is 1. The number of anilines is 2. The number of fused-ring (bicyclic) bond motifs is 1. The summed E-state index contributed by atoms with van der Waals surface area (Å²) in [6.45, 7) is 10.1. The van der Waals surface area contributed by atoms with E-state index < -0.39 is 57.8 Å². The summed E-state index contributed by atoms with van der Waals surface area (Å²) in [6, 6.07) is 7.20. The molecule has 0 aliphatic heterocycles. The fourth-order valence-corrected chi connectivity index (χ4v) is 4.18. The zero-order valence-corrected chi connectivity index (χ0v) is 25.3. The van der Waals surface area contributed by atoms with E-state index >= 15 is 0 Å². The third-order valence-electron chi connectivity index (χ3n) is 5.93. The highest BCUT2D eigenvalue weighted by Crippen LogP contribution is 2.38. The minimum atomic E-state index is -4.87. The molecule has 14 heteroatoms. The number of alkyl halides is 3. The second-order valence-electron chi connectivity index (χ2n) is 12.1. The third-order valence-corrected chi connectivity index (χ3v) is 5.93. The highest BCUT2D eigenvalue weighted by atomic mass is 19.4. The summed E-state index contributed by atoms with van der Waals surface area (Å²) >= 11 is 0. The lowest BCUT2D eigenvalue weighted by Crippen LogP contribution is -2.44. The van der Waals surface area contributed by atoms with Crippen LogP contribution in [0.2, 0.25) is 0 Å². The Balaban J connectivity index is 1.75. The molecule has 0 fully saturated rings. The molecular formula is C30H36F3N5O6. The number of hydrogen-bond acceptors (Lipinski definition) is 9. The normalized spacial score (nSPS) is 12.8. The molecule has 0 aliphatic rings. The van der Waals surface area contributed by atoms with Crippen molar-refractivity contribution in [1.82, 2.24) is 15.3 Å². The lowest BCUT2D eigenvalue weighted by Gasteiger charge is -2.25. The van der Waals surface area contributed by atoms with E-state index in [9.17, 15) is 32.3 Å². The Morgan fingerprint density at radius 2 is 1.57 bits per heavy atom. The lowest BCUT2D eigenvalue weighted by atomic mass is 10.1. The number of nitrogens with zero attached hydrogens (tertiary/aromatic N) is 1. The summed E-state index contributed by atoms with van der Waals surface area (Å²) in [4.78, 5) is 56.2. The number of ether oxygens (including phenoxy) is 2. The Morgan fingerprint density at radius 3 is 2.14 bits per heavy atom. The van der Waals surface area contributed by atoms with Gasteiger partial charge in [-0.25, -0.2) is 9.78 Å². The van der Waals surface area contributed by atoms with E-state index in [0.717, 1.165) is 6.07 Å². The van der Waals surface area contributed by atoms with Crippen LogP contribution in [0.15, 0.2) is 41.2 Å². The highest BCUT2D eigenvalue weighted by Gasteiger charge is 2.37. The Kier molecular flexibility index (Phi) is 9.96. The molecule has 1 aromatic heterocycles. The smallest absolute Gasteiger partial charge is 0.419 e. The average Bonchev–Trinajstić information content (AvgIpc) is 2.87. The van der Waals surface area contributed by atoms with Crippen molar-refractivity contribution in [3.8, 4) is 0 Å². The minimum Gasteiger partial charge on any atom is -0.460 e. The van der Waals surface area contributed by atoms with Gasteiger partial charge in [-0.3, -0.25) is 19.4 Å². The molecule has 2 aromatic carbocycles. The van der Waals surface area contributed by atoms with Crippen molar-refractivity contribution in [3.05, 3.63) is 63.4 Å². The minimum absolute atomic E-state index is 0.0597. The molecule has 0 aliphatic carbocycles. The number of hydrogen-bond donors (Lipinski definition) is 4. The van der Waals surface area contributed by atoms with Gasteiger partial charge >= 0.3 is 18.1 Å². The van der Waals surface area contributed by atoms with Gasteiger partial charge in [-0.15, -0.1) is 0 Å². The van der Waals surface area contributed by atoms with Gasteiger partial charge in [0.1, 0.15) is 17.2 Å². The fraction of sp³-hybridized carbons (Fsp3) is 0.433. The largest absolute Gasteiger partial charge is 0.460 e. The van der Waals surface area contributed by atoms with Crippen LogP contribution in [0.3, 0.4) is 0 Å². The molecule has 1 atom stereocenters. The molecule has 0 spiro atoms. The number of esters is 2. The number of benzene rings is 2. The number of carbonyl (C=O) groups excluding carboxylic acids is 3. The maximum atomic E-state index is 14.0. The molecule has 5 N–H and O–H groups in total. The van der Waals surface area contributed by atoms with Crippen LogP contribution in [0.1, 0.15) is 75.9 Å². The summed E-state index contributed by atoms with van der Waals surface area (Å²) in [5.74, 6) is -2.18. The van der Waals surface area contributed by atoms with Crippen molar-refractivity contribution in [2.75, 3.05) is 11.1 Å². The number of nitrogens with two attached hydrogens (primary N) is 1. The first-order chi connectivity index (χ1) is 20.2. The summed E-state index contributed by atoms with van der Waals surface area (Å²) in [5.41, 5.74) is 1.86. The number of amides is 1. The average molecular weight is 620 g/mol. The molecule has 238 valence electrons. The van der Waals surface area contributed by atoms with Gasteiger partial charge in [-0.2, -0.15) is 13.2 Å². The molecule has 3 rings (SSSR count). The Hall–Kier alpha value is -4.62. The number of carbonyl (C=O) groups is 3. The standard InChI is InChI=1S/C30H36F3N5O6/c1-28(2,3)43-21(39)14-13-20(26(42)44-29(4,5)6)36-24(40)17-9-7-16(8-10-17)15-35-19-12-11-18-22(23(19)30(31,32)33)25(41)38-27(34)37-18/h7-12,20,35H,13-15H2,1-6H3,(H,36,40)(H3,34,37,38,41)/t20-/m0/s1. The van der Waals surface area contributed by atoms with Crippen molar-refractivity contribution in [2.24, 2.45) is 0 Å². The predicted molar refractivity (Wildman–Crippen MR) is 158 cm³/mol. The van der Waals surface area contributed by atoms with E-state index in [0.29, 0.717) is 5.56 Å². The van der Waals surface area contributed by atoms with E-state index in [2.05, 4.69) is 20.6 Å². The molecule has 11 nitrogen and oxygen atoms in total. The van der Waals surface area contributed by atoms with Crippen LogP contribution in [0, 0.1) is 0 Å². The van der Waals surface area contributed by atoms with Gasteiger partial charge in [0, 0.05) is 24.2 Å². The van der Waals surface area contributed by atoms with Gasteiger partial charge in [0.25, 0.3) is 11.5 Å². The van der Waals surface area contributed by atoms with Gasteiger partial charge in [0.2, 0.25) is 5.95 Å². The van der Waals surface area contributed by atoms with Crippen LogP contribution in [0.25, 0.3) is 10.9 Å². The highest BCUT2D eigenvalue weighted by molar-refractivity contribution is 5.97. The van der Waals surface area contributed by atoms with Crippen LogP contribution >= 0.6 is 0 Å². The van der Waals surface area contributed by atoms with E-state index in [-0.39, 0.29) is 42.1 Å². The van der Waals surface area contributed by atoms with E-state index in [1.165, 1.54) is 30.3 Å². The Bertz CT molecular complexity index is 1590. The van der Waals surface area contributed by atoms with Gasteiger partial charge in [0.15, 0.2) is 0 Å². The fourth-order valence-electron chi connectivity index (χ4n) is 4.18. The summed E-state index contributed by atoms with van der Waals surface area (Å²) < 4.78 is 52.7. The van der Waals surface area contributed by atoms with Gasteiger partial charge < -0.3 is 25.8 Å². The second-order valence-corrected chi connectivity index (χ2v) is 12.1. The third kappa shape index (κ3) is 9.44. The van der Waals surface area contributed by atoms with Crippen molar-refractivity contribution in [3.63, 3.8) is 0 Å². The second kappa shape index (κ2) is 12.9. The number of aromatic amines is 1. The number of rotatable bonds is 9. The van der Waals surface area contributed by atoms with Crippen LogP contribution in [-0.4, -0.2) is 45.1 Å². The first-order valence-electron chi connectivity index (χ1n) is 13.7. The van der Waals surface area contributed by atoms with Crippen LogP contribution in [0.5, 0.6) is 0 Å². The molecular weight excluding hydrogens is 583 g/mol. The Morgan fingerprint density at radius 1 is 0.955 bits per heavy atom. The number of H-pyrrole nitrogens is 1. The lowest BCUT2D eigenvalue weighted by molar-refractivity contribution is -0.158. The molecule has 3 aromatic rings. The maximum absolute atomic E-state index is 14.0. The SMILES string of the molecule is CC(C)(C)OC(=O)CC[C@H](NC(=O)c1ccc(CNc2ccc3nc(N)[nH]c(=O)c3c2C(F)(F)F)cc1)C(=O)OC(C)(C)C. The monoisotopic (exact) mass is 619 g/mol. The quantitative estimate of drug-likeness (QED) is 0.249. The first kappa shape index (κ1) is 33.9. The molecule has 1 heterocycles. The maximum Gasteiger partial charge on any atom is 0.419 e. The molecule has 0 saturated heterocycles. The van der Waals surface area contributed by atoms with Gasteiger partial charge in [-0.1, -0.05) is 12.1 Å². The van der Waals surface area contributed by atoms with Crippen LogP contribution < -0.4 is 21.9 Å². The molecule has 1 amide bonds. The molecule has 0 bridgehead atoms. The molecule has 0 saturated carbocycles. The van der Waals surface area contributed by atoms with Crippen molar-refractivity contribution < 1.29 is 37.0 Å². The summed E-state index contributed by atoms with van der Waals surface area (Å²) in [7, 11) is 0. The number of aromatic nitrogens is 2. The number of halogens is 3. The van der Waals surface area contributed by atoms with Gasteiger partial charge in [0.05, 0.1) is 16.5 Å². The van der Waals surface area contributed by atoms with E-state index in [1.807, 2.05) is 0 Å². The van der Waals surface area contributed by atoms with Crippen LogP contribution in [-0.2, 0) is 31.8 Å². The first-order valence-corrected chi connectivity index (χ1v) is 13.7. The van der Waals surface area contributed by atoms with Crippen molar-refractivity contribution >= 4 is 40.4 Å². The topological polar surface area (TPSA) is 165 Å². The Labute approximate surface area is 251 Å². The molecule has 0 radical (unpaired) electrons. The summed E-state index contributed by atoms with van der Waals surface area (Å²) in [5, 5.41) is 4.64. The van der Waals surface area contributed by atoms with Gasteiger partial charge in [-0.05, 0) is 77.8 Å².